The highest BCUT2D eigenvalue weighted by atomic mass is 31.2. The van der Waals surface area contributed by atoms with Crippen LogP contribution in [0.2, 0.25) is 0 Å². The maximum Gasteiger partial charge on any atom is 0.408 e. The molecule has 7 heteroatoms. The summed E-state index contributed by atoms with van der Waals surface area (Å²) in [5.74, 6) is -1.27. The number of nitrogens with one attached hydrogen (secondary N) is 1. The molecule has 0 aromatic heterocycles. The van der Waals surface area contributed by atoms with Crippen molar-refractivity contribution in [3.05, 3.63) is 35.9 Å². The Morgan fingerprint density at radius 3 is 2.48 bits per heavy atom. The van der Waals surface area contributed by atoms with Gasteiger partial charge in [0.1, 0.15) is 12.4 Å². The summed E-state index contributed by atoms with van der Waals surface area (Å²) >= 11 is 0. The Morgan fingerprint density at radius 1 is 1.33 bits per heavy atom. The lowest BCUT2D eigenvalue weighted by Gasteiger charge is -2.25. The molecule has 0 aliphatic heterocycles. The van der Waals surface area contributed by atoms with Crippen molar-refractivity contribution >= 4 is 13.7 Å². The third-order valence-electron chi connectivity index (χ3n) is 2.78. The fourth-order valence-electron chi connectivity index (χ4n) is 1.78. The Balaban J connectivity index is 2.59. The molecule has 1 aromatic rings. The van der Waals surface area contributed by atoms with E-state index in [9.17, 15) is 14.3 Å². The molecule has 1 rings (SSSR count). The molecule has 118 valence electrons. The quantitative estimate of drug-likeness (QED) is 0.755. The van der Waals surface area contributed by atoms with Gasteiger partial charge in [-0.3, -0.25) is 4.57 Å². The van der Waals surface area contributed by atoms with E-state index in [4.69, 9.17) is 9.26 Å². The first-order chi connectivity index (χ1) is 9.86. The Hall–Kier alpha value is -1.36. The van der Waals surface area contributed by atoms with Gasteiger partial charge in [0.25, 0.3) is 0 Å². The molecule has 21 heavy (non-hydrogen) atoms. The number of ether oxygens (including phenoxy) is 1. The molecular weight excluding hydrogens is 293 g/mol. The minimum Gasteiger partial charge on any atom is -0.445 e. The summed E-state index contributed by atoms with van der Waals surface area (Å²) in [6.45, 7) is 5.27. The van der Waals surface area contributed by atoms with Gasteiger partial charge in [0.05, 0.1) is 6.61 Å². The van der Waals surface area contributed by atoms with E-state index in [0.29, 0.717) is 0 Å². The second-order valence-electron chi connectivity index (χ2n) is 4.88. The average Bonchev–Trinajstić information content (AvgIpc) is 2.43. The van der Waals surface area contributed by atoms with Crippen LogP contribution in [0.4, 0.5) is 4.79 Å². The van der Waals surface area contributed by atoms with Crippen LogP contribution in [0.15, 0.2) is 30.3 Å². The zero-order chi connectivity index (χ0) is 15.9. The second-order valence-corrected chi connectivity index (χ2v) is 6.82. The average molecular weight is 315 g/mol. The molecule has 0 saturated heterocycles. The third-order valence-corrected chi connectivity index (χ3v) is 4.83. The Bertz CT molecular complexity index is 491. The van der Waals surface area contributed by atoms with Gasteiger partial charge in [0, 0.05) is 0 Å². The van der Waals surface area contributed by atoms with Crippen molar-refractivity contribution in [2.24, 2.45) is 5.92 Å². The number of alkyl carbamates (subject to hydrolysis) is 1. The van der Waals surface area contributed by atoms with Crippen LogP contribution in [-0.4, -0.2) is 23.4 Å². The van der Waals surface area contributed by atoms with E-state index in [-0.39, 0.29) is 19.1 Å². The zero-order valence-corrected chi connectivity index (χ0v) is 13.4. The molecule has 1 aromatic carbocycles. The van der Waals surface area contributed by atoms with E-state index in [1.54, 1.807) is 20.8 Å². The van der Waals surface area contributed by atoms with Crippen LogP contribution in [-0.2, 0) is 20.4 Å². The SMILES string of the molecule is CCOP(=O)(O)C(NC(=O)OCc1ccccc1)C(C)C. The minimum absolute atomic E-state index is 0.0950. The molecule has 0 aliphatic rings. The van der Waals surface area contributed by atoms with Gasteiger partial charge in [-0.1, -0.05) is 44.2 Å². The lowest BCUT2D eigenvalue weighted by molar-refractivity contribution is 0.133. The maximum absolute atomic E-state index is 12.0. The second kappa shape index (κ2) is 8.17. The smallest absolute Gasteiger partial charge is 0.408 e. The van der Waals surface area contributed by atoms with Crippen LogP contribution in [0.1, 0.15) is 26.3 Å². The first-order valence-corrected chi connectivity index (χ1v) is 8.45. The van der Waals surface area contributed by atoms with Gasteiger partial charge < -0.3 is 19.5 Å². The van der Waals surface area contributed by atoms with Gasteiger partial charge in [-0.15, -0.1) is 0 Å². The number of rotatable bonds is 7. The molecule has 1 amide bonds. The molecule has 6 nitrogen and oxygen atoms in total. The predicted molar refractivity (Wildman–Crippen MR) is 79.8 cm³/mol. The van der Waals surface area contributed by atoms with Crippen molar-refractivity contribution in [2.45, 2.75) is 33.2 Å². The topological polar surface area (TPSA) is 84.9 Å². The summed E-state index contributed by atoms with van der Waals surface area (Å²) in [5.41, 5.74) is 0.839. The Labute approximate surface area is 125 Å². The summed E-state index contributed by atoms with van der Waals surface area (Å²) in [4.78, 5) is 21.6. The summed E-state index contributed by atoms with van der Waals surface area (Å²) in [7, 11) is -3.92. The summed E-state index contributed by atoms with van der Waals surface area (Å²) in [5, 5.41) is 2.41. The number of hydrogen-bond acceptors (Lipinski definition) is 4. The fourth-order valence-corrected chi connectivity index (χ4v) is 3.33. The Kier molecular flexibility index (Phi) is 6.89. The van der Waals surface area contributed by atoms with Crippen LogP contribution >= 0.6 is 7.60 Å². The first kappa shape index (κ1) is 17.7. The van der Waals surface area contributed by atoms with Crippen LogP contribution in [0.25, 0.3) is 0 Å². The summed E-state index contributed by atoms with van der Waals surface area (Å²) in [6.07, 6.45) is -0.744. The van der Waals surface area contributed by atoms with Crippen molar-refractivity contribution in [1.29, 1.82) is 0 Å². The van der Waals surface area contributed by atoms with Crippen molar-refractivity contribution < 1.29 is 23.5 Å². The number of carbonyl (C=O) groups excluding carboxylic acids is 1. The van der Waals surface area contributed by atoms with E-state index >= 15 is 0 Å². The molecule has 0 bridgehead atoms. The van der Waals surface area contributed by atoms with Crippen molar-refractivity contribution in [1.82, 2.24) is 5.32 Å². The molecule has 0 heterocycles. The largest absolute Gasteiger partial charge is 0.445 e. The third kappa shape index (κ3) is 5.87. The minimum atomic E-state index is -3.92. The highest BCUT2D eigenvalue weighted by Gasteiger charge is 2.36. The van der Waals surface area contributed by atoms with Crippen LogP contribution in [0.5, 0.6) is 0 Å². The summed E-state index contributed by atoms with van der Waals surface area (Å²) in [6, 6.07) is 9.19. The maximum atomic E-state index is 12.0. The van der Waals surface area contributed by atoms with E-state index in [0.717, 1.165) is 5.56 Å². The number of carbonyl (C=O) groups is 1. The predicted octanol–water partition coefficient (Wildman–Crippen LogP) is 3.12. The molecule has 2 N–H and O–H groups in total. The monoisotopic (exact) mass is 315 g/mol. The van der Waals surface area contributed by atoms with Crippen LogP contribution in [0, 0.1) is 5.92 Å². The van der Waals surface area contributed by atoms with E-state index in [2.05, 4.69) is 5.32 Å². The lowest BCUT2D eigenvalue weighted by atomic mass is 10.2. The highest BCUT2D eigenvalue weighted by Crippen LogP contribution is 2.48. The van der Waals surface area contributed by atoms with Gasteiger partial charge in [0.15, 0.2) is 0 Å². The summed E-state index contributed by atoms with van der Waals surface area (Å²) < 4.78 is 21.9. The molecular formula is C14H22NO5P. The van der Waals surface area contributed by atoms with Crippen molar-refractivity contribution in [2.75, 3.05) is 6.61 Å². The molecule has 0 aliphatic carbocycles. The van der Waals surface area contributed by atoms with Gasteiger partial charge in [-0.25, -0.2) is 4.79 Å². The molecule has 0 spiro atoms. The molecule has 0 radical (unpaired) electrons. The first-order valence-electron chi connectivity index (χ1n) is 6.81. The van der Waals surface area contributed by atoms with Crippen molar-refractivity contribution in [3.8, 4) is 0 Å². The van der Waals surface area contributed by atoms with E-state index < -0.39 is 19.5 Å². The molecule has 0 saturated carbocycles. The molecule has 0 fully saturated rings. The van der Waals surface area contributed by atoms with Gasteiger partial charge in [0.2, 0.25) is 0 Å². The standard InChI is InChI=1S/C14H22NO5P/c1-4-20-21(17,18)13(11(2)3)15-14(16)19-10-12-8-6-5-7-9-12/h5-9,11,13H,4,10H2,1-3H3,(H,15,16)(H,17,18). The van der Waals surface area contributed by atoms with E-state index in [1.807, 2.05) is 30.3 Å². The molecule has 2 unspecified atom stereocenters. The zero-order valence-electron chi connectivity index (χ0n) is 12.5. The molecule has 2 atom stereocenters. The number of hydrogen-bond donors (Lipinski definition) is 2. The van der Waals surface area contributed by atoms with Gasteiger partial charge >= 0.3 is 13.7 Å². The van der Waals surface area contributed by atoms with E-state index in [1.165, 1.54) is 0 Å². The van der Waals surface area contributed by atoms with Crippen LogP contribution < -0.4 is 5.32 Å². The fraction of sp³-hybridized carbons (Fsp3) is 0.500. The lowest BCUT2D eigenvalue weighted by Crippen LogP contribution is -2.39. The van der Waals surface area contributed by atoms with Crippen LogP contribution in [0.3, 0.4) is 0 Å². The number of benzene rings is 1. The number of amides is 1. The van der Waals surface area contributed by atoms with Crippen molar-refractivity contribution in [3.63, 3.8) is 0 Å². The highest BCUT2D eigenvalue weighted by molar-refractivity contribution is 7.53. The van der Waals surface area contributed by atoms with Gasteiger partial charge in [-0.05, 0) is 18.4 Å². The Morgan fingerprint density at radius 2 is 1.95 bits per heavy atom. The normalized spacial score (nSPS) is 15.3. The van der Waals surface area contributed by atoms with Gasteiger partial charge in [-0.2, -0.15) is 0 Å².